The van der Waals surface area contributed by atoms with Gasteiger partial charge in [0.05, 0.1) is 4.92 Å². The Hall–Kier alpha value is -4.25. The molecule has 0 radical (unpaired) electrons. The number of primary amides is 1. The third kappa shape index (κ3) is 6.12. The number of rotatable bonds is 8. The molecule has 166 valence electrons. The molecule has 1 aromatic heterocycles. The second-order valence-electron chi connectivity index (χ2n) is 6.44. The molecule has 2 amide bonds. The average Bonchev–Trinajstić information content (AvgIpc) is 2.73. The summed E-state index contributed by atoms with van der Waals surface area (Å²) in [5, 5.41) is 19.8. The average molecular weight is 458 g/mol. The van der Waals surface area contributed by atoms with Crippen molar-refractivity contribution in [2.75, 3.05) is 16.0 Å². The van der Waals surface area contributed by atoms with Crippen molar-refractivity contribution in [3.8, 4) is 0 Å². The SMILES string of the molecule is CC(=O)Nc1ccc(Nc2ncc([N+](=O)[O-])c(NCc3ccccc3C(N)=O)n2)cc1.Cl. The van der Waals surface area contributed by atoms with Crippen molar-refractivity contribution in [1.29, 1.82) is 0 Å². The molecule has 0 saturated carbocycles. The molecule has 0 aliphatic rings. The van der Waals surface area contributed by atoms with Crippen molar-refractivity contribution < 1.29 is 14.5 Å². The molecule has 1 heterocycles. The number of carbonyl (C=O) groups is 2. The van der Waals surface area contributed by atoms with Crippen molar-refractivity contribution in [1.82, 2.24) is 9.97 Å². The number of nitro groups is 1. The van der Waals surface area contributed by atoms with Gasteiger partial charge in [0.1, 0.15) is 6.20 Å². The van der Waals surface area contributed by atoms with E-state index in [0.29, 0.717) is 22.5 Å². The molecule has 3 aromatic rings. The zero-order valence-electron chi connectivity index (χ0n) is 16.9. The smallest absolute Gasteiger partial charge is 0.329 e. The van der Waals surface area contributed by atoms with E-state index in [0.717, 1.165) is 6.20 Å². The summed E-state index contributed by atoms with van der Waals surface area (Å²) in [6, 6.07) is 13.5. The van der Waals surface area contributed by atoms with E-state index in [2.05, 4.69) is 25.9 Å². The first-order chi connectivity index (χ1) is 14.8. The van der Waals surface area contributed by atoms with Crippen LogP contribution in [0.2, 0.25) is 0 Å². The molecule has 0 aliphatic heterocycles. The van der Waals surface area contributed by atoms with Crippen LogP contribution in [0.25, 0.3) is 0 Å². The maximum atomic E-state index is 11.6. The molecule has 0 bridgehead atoms. The van der Waals surface area contributed by atoms with Gasteiger partial charge in [-0.2, -0.15) is 4.98 Å². The van der Waals surface area contributed by atoms with Crippen molar-refractivity contribution in [2.45, 2.75) is 13.5 Å². The molecule has 0 atom stereocenters. The molecule has 0 spiro atoms. The van der Waals surface area contributed by atoms with Crippen molar-refractivity contribution in [2.24, 2.45) is 5.73 Å². The highest BCUT2D eigenvalue weighted by atomic mass is 35.5. The molecule has 32 heavy (non-hydrogen) atoms. The summed E-state index contributed by atoms with van der Waals surface area (Å²) in [6.45, 7) is 1.51. The van der Waals surface area contributed by atoms with E-state index in [1.807, 2.05) is 0 Å². The second-order valence-corrected chi connectivity index (χ2v) is 6.44. The fourth-order valence-corrected chi connectivity index (χ4v) is 2.76. The Morgan fingerprint density at radius 3 is 2.38 bits per heavy atom. The monoisotopic (exact) mass is 457 g/mol. The summed E-state index contributed by atoms with van der Waals surface area (Å²) < 4.78 is 0. The van der Waals surface area contributed by atoms with Gasteiger partial charge in [-0.15, -0.1) is 12.4 Å². The fourth-order valence-electron chi connectivity index (χ4n) is 2.76. The number of hydrogen-bond donors (Lipinski definition) is 4. The number of benzene rings is 2. The third-order valence-corrected chi connectivity index (χ3v) is 4.16. The maximum absolute atomic E-state index is 11.6. The number of nitrogens with zero attached hydrogens (tertiary/aromatic N) is 3. The minimum absolute atomic E-state index is 0. The van der Waals surface area contributed by atoms with Crippen LogP contribution >= 0.6 is 12.4 Å². The number of carbonyl (C=O) groups excluding carboxylic acids is 2. The van der Waals surface area contributed by atoms with Gasteiger partial charge >= 0.3 is 5.69 Å². The number of hydrogen-bond acceptors (Lipinski definition) is 8. The van der Waals surface area contributed by atoms with Crippen LogP contribution in [-0.4, -0.2) is 26.7 Å². The van der Waals surface area contributed by atoms with Gasteiger partial charge in [-0.1, -0.05) is 18.2 Å². The van der Waals surface area contributed by atoms with E-state index < -0.39 is 10.8 Å². The number of nitrogens with one attached hydrogen (secondary N) is 3. The van der Waals surface area contributed by atoms with E-state index in [1.54, 1.807) is 48.5 Å². The topological polar surface area (TPSA) is 165 Å². The second kappa shape index (κ2) is 10.7. The first kappa shape index (κ1) is 24.0. The first-order valence-corrected chi connectivity index (χ1v) is 9.11. The van der Waals surface area contributed by atoms with Crippen LogP contribution in [-0.2, 0) is 11.3 Å². The Balaban J connectivity index is 0.00000363. The van der Waals surface area contributed by atoms with Crippen molar-refractivity contribution in [3.05, 3.63) is 76.0 Å². The Bertz CT molecular complexity index is 1140. The lowest BCUT2D eigenvalue weighted by Gasteiger charge is -2.11. The molecule has 0 aliphatic carbocycles. The Morgan fingerprint density at radius 1 is 1.09 bits per heavy atom. The van der Waals surface area contributed by atoms with Crippen molar-refractivity contribution in [3.63, 3.8) is 0 Å². The van der Waals surface area contributed by atoms with E-state index in [-0.39, 0.29) is 42.3 Å². The van der Waals surface area contributed by atoms with Crippen LogP contribution < -0.4 is 21.7 Å². The van der Waals surface area contributed by atoms with E-state index in [4.69, 9.17) is 5.73 Å². The Morgan fingerprint density at radius 2 is 1.75 bits per heavy atom. The molecule has 2 aromatic carbocycles. The predicted molar refractivity (Wildman–Crippen MR) is 122 cm³/mol. The lowest BCUT2D eigenvalue weighted by Crippen LogP contribution is -2.16. The highest BCUT2D eigenvalue weighted by Crippen LogP contribution is 2.25. The minimum atomic E-state index is -0.603. The fraction of sp³-hybridized carbons (Fsp3) is 0.100. The summed E-state index contributed by atoms with van der Waals surface area (Å²) in [5.74, 6) is -0.673. The number of nitrogens with two attached hydrogens (primary N) is 1. The number of aromatic nitrogens is 2. The summed E-state index contributed by atoms with van der Waals surface area (Å²) in [7, 11) is 0. The van der Waals surface area contributed by atoms with Crippen LogP contribution in [0.4, 0.5) is 28.8 Å². The molecule has 11 nitrogen and oxygen atoms in total. The van der Waals surface area contributed by atoms with Crippen LogP contribution in [0.3, 0.4) is 0 Å². The summed E-state index contributed by atoms with van der Waals surface area (Å²) in [6.07, 6.45) is 1.09. The maximum Gasteiger partial charge on any atom is 0.329 e. The molecule has 12 heteroatoms. The van der Waals surface area contributed by atoms with Crippen molar-refractivity contribution >= 4 is 53.0 Å². The zero-order chi connectivity index (χ0) is 22.4. The van der Waals surface area contributed by atoms with Gasteiger partial charge in [0.25, 0.3) is 0 Å². The summed E-state index contributed by atoms with van der Waals surface area (Å²) in [4.78, 5) is 41.6. The normalized spacial score (nSPS) is 9.91. The van der Waals surface area contributed by atoms with Crippen LogP contribution in [0.1, 0.15) is 22.8 Å². The molecule has 3 rings (SSSR count). The molecular formula is C20H20ClN7O4. The van der Waals surface area contributed by atoms with Crippen LogP contribution in [0.15, 0.2) is 54.7 Å². The number of anilines is 4. The van der Waals surface area contributed by atoms with E-state index in [1.165, 1.54) is 6.92 Å². The quantitative estimate of drug-likeness (QED) is 0.295. The number of halogens is 1. The zero-order valence-corrected chi connectivity index (χ0v) is 17.7. The van der Waals surface area contributed by atoms with Gasteiger partial charge in [-0.25, -0.2) is 4.98 Å². The van der Waals surface area contributed by atoms with Gasteiger partial charge in [0.15, 0.2) is 0 Å². The minimum Gasteiger partial charge on any atom is -0.366 e. The van der Waals surface area contributed by atoms with Crippen LogP contribution in [0.5, 0.6) is 0 Å². The van der Waals surface area contributed by atoms with Gasteiger partial charge < -0.3 is 21.7 Å². The highest BCUT2D eigenvalue weighted by molar-refractivity contribution is 5.94. The largest absolute Gasteiger partial charge is 0.366 e. The summed E-state index contributed by atoms with van der Waals surface area (Å²) >= 11 is 0. The summed E-state index contributed by atoms with van der Waals surface area (Å²) in [5.41, 5.74) is 7.18. The van der Waals surface area contributed by atoms with Gasteiger partial charge in [-0.3, -0.25) is 19.7 Å². The third-order valence-electron chi connectivity index (χ3n) is 4.16. The lowest BCUT2D eigenvalue weighted by molar-refractivity contribution is -0.384. The van der Waals surface area contributed by atoms with Gasteiger partial charge in [0, 0.05) is 30.4 Å². The predicted octanol–water partition coefficient (Wildman–Crippen LogP) is 3.22. The lowest BCUT2D eigenvalue weighted by atomic mass is 10.1. The molecule has 5 N–H and O–H groups in total. The Kier molecular flexibility index (Phi) is 8.02. The van der Waals surface area contributed by atoms with Crippen LogP contribution in [0, 0.1) is 10.1 Å². The Labute approximate surface area is 189 Å². The molecule has 0 saturated heterocycles. The van der Waals surface area contributed by atoms with E-state index >= 15 is 0 Å². The van der Waals surface area contributed by atoms with Gasteiger partial charge in [0.2, 0.25) is 23.6 Å². The molecule has 0 unspecified atom stereocenters. The van der Waals surface area contributed by atoms with Gasteiger partial charge in [-0.05, 0) is 35.9 Å². The molecule has 0 fully saturated rings. The molecular weight excluding hydrogens is 438 g/mol. The standard InChI is InChI=1S/C20H19N7O4.ClH/c1-12(28)24-14-6-8-15(9-7-14)25-20-23-11-17(27(30)31)19(26-20)22-10-13-4-2-3-5-16(13)18(21)29;/h2-9,11H,10H2,1H3,(H2,21,29)(H,24,28)(H2,22,23,25,26);1H. The highest BCUT2D eigenvalue weighted by Gasteiger charge is 2.18. The number of amides is 2. The first-order valence-electron chi connectivity index (χ1n) is 9.11. The van der Waals surface area contributed by atoms with E-state index in [9.17, 15) is 19.7 Å².